The van der Waals surface area contributed by atoms with E-state index in [1.165, 1.54) is 5.56 Å². The number of hydrazine groups is 1. The zero-order valence-electron chi connectivity index (χ0n) is 11.7. The summed E-state index contributed by atoms with van der Waals surface area (Å²) in [5, 5.41) is 0. The van der Waals surface area contributed by atoms with Crippen molar-refractivity contribution in [2.24, 2.45) is 5.84 Å². The van der Waals surface area contributed by atoms with Gasteiger partial charge in [0.1, 0.15) is 5.75 Å². The summed E-state index contributed by atoms with van der Waals surface area (Å²) in [6.45, 7) is 4.71. The maximum atomic E-state index is 5.74. The van der Waals surface area contributed by atoms with Crippen molar-refractivity contribution in [2.45, 2.75) is 19.9 Å². The molecule has 1 unspecified atom stereocenters. The number of hydrogen-bond acceptors (Lipinski definition) is 3. The Hall–Kier alpha value is -1.36. The molecule has 4 heteroatoms. The number of benzene rings is 2. The molecule has 0 aromatic heterocycles. The Kier molecular flexibility index (Phi) is 5.17. The van der Waals surface area contributed by atoms with E-state index in [-0.39, 0.29) is 6.04 Å². The maximum absolute atomic E-state index is 5.74. The van der Waals surface area contributed by atoms with Crippen LogP contribution in [-0.4, -0.2) is 6.61 Å². The van der Waals surface area contributed by atoms with E-state index < -0.39 is 0 Å². The van der Waals surface area contributed by atoms with Crippen LogP contribution in [0, 0.1) is 6.92 Å². The molecule has 20 heavy (non-hydrogen) atoms. The monoisotopic (exact) mass is 334 g/mol. The van der Waals surface area contributed by atoms with Crippen LogP contribution in [0.4, 0.5) is 0 Å². The highest BCUT2D eigenvalue weighted by molar-refractivity contribution is 9.10. The summed E-state index contributed by atoms with van der Waals surface area (Å²) in [7, 11) is 0. The molecule has 1 atom stereocenters. The standard InChI is InChI=1S/C16H19BrN2O/c1-3-20-13-7-5-12(6-8-13)16(19-18)14-9-4-11(2)10-15(14)17/h4-10,16,19H,3,18H2,1-2H3. The molecule has 0 bridgehead atoms. The number of ether oxygens (including phenoxy) is 1. The van der Waals surface area contributed by atoms with Gasteiger partial charge in [0.2, 0.25) is 0 Å². The van der Waals surface area contributed by atoms with Crippen LogP contribution in [0.1, 0.15) is 29.7 Å². The van der Waals surface area contributed by atoms with Gasteiger partial charge in [-0.3, -0.25) is 5.84 Å². The van der Waals surface area contributed by atoms with Crippen LogP contribution < -0.4 is 16.0 Å². The lowest BCUT2D eigenvalue weighted by Gasteiger charge is -2.19. The summed E-state index contributed by atoms with van der Waals surface area (Å²) in [6.07, 6.45) is 0. The van der Waals surface area contributed by atoms with Crippen molar-refractivity contribution >= 4 is 15.9 Å². The molecule has 3 nitrogen and oxygen atoms in total. The highest BCUT2D eigenvalue weighted by atomic mass is 79.9. The first-order chi connectivity index (χ1) is 9.65. The Morgan fingerprint density at radius 2 is 1.90 bits per heavy atom. The van der Waals surface area contributed by atoms with Gasteiger partial charge in [0.15, 0.2) is 0 Å². The summed E-state index contributed by atoms with van der Waals surface area (Å²) in [5.41, 5.74) is 6.30. The lowest BCUT2D eigenvalue weighted by molar-refractivity contribution is 0.340. The maximum Gasteiger partial charge on any atom is 0.119 e. The summed E-state index contributed by atoms with van der Waals surface area (Å²) in [5.74, 6) is 6.61. The van der Waals surface area contributed by atoms with Gasteiger partial charge in [-0.25, -0.2) is 5.43 Å². The molecular formula is C16H19BrN2O. The van der Waals surface area contributed by atoms with Crippen molar-refractivity contribution < 1.29 is 4.74 Å². The van der Waals surface area contributed by atoms with Gasteiger partial charge < -0.3 is 4.74 Å². The molecule has 0 spiro atoms. The molecule has 0 radical (unpaired) electrons. The topological polar surface area (TPSA) is 47.3 Å². The van der Waals surface area contributed by atoms with E-state index in [0.29, 0.717) is 6.61 Å². The molecule has 2 aromatic rings. The van der Waals surface area contributed by atoms with Crippen molar-refractivity contribution in [3.05, 3.63) is 63.6 Å². The lowest BCUT2D eigenvalue weighted by Crippen LogP contribution is -2.29. The van der Waals surface area contributed by atoms with Gasteiger partial charge >= 0.3 is 0 Å². The third-order valence-corrected chi connectivity index (χ3v) is 3.84. The average Bonchev–Trinajstić information content (AvgIpc) is 2.44. The van der Waals surface area contributed by atoms with Gasteiger partial charge in [0, 0.05) is 4.47 Å². The molecule has 0 saturated carbocycles. The minimum atomic E-state index is -0.0550. The lowest BCUT2D eigenvalue weighted by atomic mass is 9.98. The summed E-state index contributed by atoms with van der Waals surface area (Å²) in [6, 6.07) is 14.2. The number of nitrogens with two attached hydrogens (primary N) is 1. The number of halogens is 1. The highest BCUT2D eigenvalue weighted by Crippen LogP contribution is 2.29. The molecule has 3 N–H and O–H groups in total. The SMILES string of the molecule is CCOc1ccc(C(NN)c2ccc(C)cc2Br)cc1. The second-order valence-corrected chi connectivity index (χ2v) is 5.48. The predicted molar refractivity (Wildman–Crippen MR) is 85.7 cm³/mol. The van der Waals surface area contributed by atoms with Crippen LogP contribution in [0.5, 0.6) is 5.75 Å². The van der Waals surface area contributed by atoms with Crippen LogP contribution in [0.2, 0.25) is 0 Å². The number of aryl methyl sites for hydroxylation is 1. The molecule has 0 aliphatic rings. The van der Waals surface area contributed by atoms with Crippen molar-refractivity contribution in [3.8, 4) is 5.75 Å². The molecule has 0 aliphatic heterocycles. The Morgan fingerprint density at radius 3 is 2.45 bits per heavy atom. The summed E-state index contributed by atoms with van der Waals surface area (Å²) >= 11 is 3.60. The minimum Gasteiger partial charge on any atom is -0.494 e. The molecule has 2 rings (SSSR count). The fourth-order valence-corrected chi connectivity index (χ4v) is 2.88. The normalized spacial score (nSPS) is 12.2. The fourth-order valence-electron chi connectivity index (χ4n) is 2.16. The number of hydrogen-bond donors (Lipinski definition) is 2. The third-order valence-electron chi connectivity index (χ3n) is 3.16. The average molecular weight is 335 g/mol. The van der Waals surface area contributed by atoms with Crippen LogP contribution >= 0.6 is 15.9 Å². The van der Waals surface area contributed by atoms with Crippen LogP contribution in [0.3, 0.4) is 0 Å². The van der Waals surface area contributed by atoms with Crippen molar-refractivity contribution in [3.63, 3.8) is 0 Å². The Balaban J connectivity index is 2.31. The molecule has 2 aromatic carbocycles. The van der Waals surface area contributed by atoms with E-state index in [2.05, 4.69) is 46.5 Å². The zero-order chi connectivity index (χ0) is 14.5. The quantitative estimate of drug-likeness (QED) is 0.647. The fraction of sp³-hybridized carbons (Fsp3) is 0.250. The third kappa shape index (κ3) is 3.39. The van der Waals surface area contributed by atoms with Crippen LogP contribution in [0.25, 0.3) is 0 Å². The second kappa shape index (κ2) is 6.88. The summed E-state index contributed by atoms with van der Waals surface area (Å²) in [4.78, 5) is 0. The van der Waals surface area contributed by atoms with E-state index in [0.717, 1.165) is 21.3 Å². The highest BCUT2D eigenvalue weighted by Gasteiger charge is 2.15. The van der Waals surface area contributed by atoms with Crippen molar-refractivity contribution in [1.29, 1.82) is 0 Å². The number of nitrogens with one attached hydrogen (secondary N) is 1. The number of rotatable bonds is 5. The van der Waals surface area contributed by atoms with Gasteiger partial charge in [0.25, 0.3) is 0 Å². The summed E-state index contributed by atoms with van der Waals surface area (Å²) < 4.78 is 6.51. The Bertz CT molecular complexity index is 569. The van der Waals surface area contributed by atoms with E-state index in [1.807, 2.05) is 31.2 Å². The zero-order valence-corrected chi connectivity index (χ0v) is 13.3. The van der Waals surface area contributed by atoms with Gasteiger partial charge in [-0.1, -0.05) is 40.2 Å². The molecule has 0 heterocycles. The van der Waals surface area contributed by atoms with Gasteiger partial charge in [-0.05, 0) is 48.7 Å². The Morgan fingerprint density at radius 1 is 1.20 bits per heavy atom. The molecular weight excluding hydrogens is 316 g/mol. The second-order valence-electron chi connectivity index (χ2n) is 4.63. The Labute approximate surface area is 128 Å². The minimum absolute atomic E-state index is 0.0550. The van der Waals surface area contributed by atoms with Crippen molar-refractivity contribution in [1.82, 2.24) is 5.43 Å². The van der Waals surface area contributed by atoms with E-state index in [9.17, 15) is 0 Å². The van der Waals surface area contributed by atoms with E-state index in [1.54, 1.807) is 0 Å². The predicted octanol–water partition coefficient (Wildman–Crippen LogP) is 3.71. The van der Waals surface area contributed by atoms with Crippen LogP contribution in [-0.2, 0) is 0 Å². The molecule has 0 saturated heterocycles. The molecule has 0 fully saturated rings. The van der Waals surface area contributed by atoms with Gasteiger partial charge in [-0.15, -0.1) is 0 Å². The smallest absolute Gasteiger partial charge is 0.119 e. The molecule has 106 valence electrons. The van der Waals surface area contributed by atoms with Crippen LogP contribution in [0.15, 0.2) is 46.9 Å². The first-order valence-electron chi connectivity index (χ1n) is 6.60. The first kappa shape index (κ1) is 15.0. The molecule has 0 aliphatic carbocycles. The van der Waals surface area contributed by atoms with E-state index in [4.69, 9.17) is 10.6 Å². The molecule has 0 amide bonds. The van der Waals surface area contributed by atoms with E-state index >= 15 is 0 Å². The van der Waals surface area contributed by atoms with Crippen molar-refractivity contribution in [2.75, 3.05) is 6.61 Å². The largest absolute Gasteiger partial charge is 0.494 e. The van der Waals surface area contributed by atoms with Gasteiger partial charge in [0.05, 0.1) is 12.6 Å². The van der Waals surface area contributed by atoms with Gasteiger partial charge in [-0.2, -0.15) is 0 Å². The first-order valence-corrected chi connectivity index (χ1v) is 7.40.